The third-order valence-electron chi connectivity index (χ3n) is 3.11. The second-order valence-electron chi connectivity index (χ2n) is 4.55. The fourth-order valence-corrected chi connectivity index (χ4v) is 3.98. The van der Waals surface area contributed by atoms with Gasteiger partial charge in [0, 0.05) is 11.0 Å². The largest absolute Gasteiger partial charge is 0.494 e. The molecule has 0 N–H and O–H groups in total. The van der Waals surface area contributed by atoms with Crippen LogP contribution in [0.1, 0.15) is 13.8 Å². The number of nitrogens with zero attached hydrogens (tertiary/aromatic N) is 1. The molecule has 22 heavy (non-hydrogen) atoms. The lowest BCUT2D eigenvalue weighted by atomic mass is 10.3. The van der Waals surface area contributed by atoms with E-state index in [4.69, 9.17) is 4.74 Å². The lowest BCUT2D eigenvalue weighted by molar-refractivity contribution is 0.340. The third-order valence-corrected chi connectivity index (χ3v) is 5.52. The molecule has 0 aromatic heterocycles. The summed E-state index contributed by atoms with van der Waals surface area (Å²) < 4.78 is 33.2. The third kappa shape index (κ3) is 3.62. The van der Waals surface area contributed by atoms with Crippen molar-refractivity contribution in [2.75, 3.05) is 17.5 Å². The summed E-state index contributed by atoms with van der Waals surface area (Å²) in [6.45, 7) is 4.60. The average Bonchev–Trinajstić information content (AvgIpc) is 2.49. The van der Waals surface area contributed by atoms with Gasteiger partial charge in [-0.05, 0) is 56.3 Å². The van der Waals surface area contributed by atoms with Gasteiger partial charge in [-0.25, -0.2) is 8.42 Å². The van der Waals surface area contributed by atoms with Crippen molar-refractivity contribution >= 4 is 31.6 Å². The van der Waals surface area contributed by atoms with Gasteiger partial charge in [0.15, 0.2) is 0 Å². The summed E-state index contributed by atoms with van der Waals surface area (Å²) in [5.74, 6) is 0.659. The van der Waals surface area contributed by atoms with Gasteiger partial charge >= 0.3 is 0 Å². The van der Waals surface area contributed by atoms with Crippen LogP contribution in [0.2, 0.25) is 0 Å². The number of ether oxygens (including phenoxy) is 1. The molecule has 0 aliphatic carbocycles. The van der Waals surface area contributed by atoms with Crippen LogP contribution in [-0.2, 0) is 10.0 Å². The normalized spacial score (nSPS) is 11.2. The molecule has 118 valence electrons. The second-order valence-corrected chi connectivity index (χ2v) is 7.33. The standard InChI is InChI=1S/C16H18BrNO3S/c1-3-18(14-7-5-6-13(17)12-14)22(19,20)16-10-8-15(9-11-16)21-4-2/h5-12H,3-4H2,1-2H3. The maximum Gasteiger partial charge on any atom is 0.264 e. The topological polar surface area (TPSA) is 46.6 Å². The van der Waals surface area contributed by atoms with E-state index < -0.39 is 10.0 Å². The van der Waals surface area contributed by atoms with Crippen molar-refractivity contribution in [3.8, 4) is 5.75 Å². The van der Waals surface area contributed by atoms with Crippen molar-refractivity contribution in [2.45, 2.75) is 18.7 Å². The van der Waals surface area contributed by atoms with Gasteiger partial charge in [-0.2, -0.15) is 0 Å². The molecule has 6 heteroatoms. The Bertz CT molecular complexity index is 729. The molecular weight excluding hydrogens is 366 g/mol. The number of rotatable bonds is 6. The molecule has 0 unspecified atom stereocenters. The minimum absolute atomic E-state index is 0.248. The van der Waals surface area contributed by atoms with Crippen molar-refractivity contribution in [3.63, 3.8) is 0 Å². The molecule has 0 fully saturated rings. The van der Waals surface area contributed by atoms with Gasteiger partial charge in [0.05, 0.1) is 17.2 Å². The zero-order chi connectivity index (χ0) is 16.2. The van der Waals surface area contributed by atoms with Crippen LogP contribution in [-0.4, -0.2) is 21.6 Å². The van der Waals surface area contributed by atoms with E-state index in [0.29, 0.717) is 24.6 Å². The highest BCUT2D eigenvalue weighted by atomic mass is 79.9. The Balaban J connectivity index is 2.38. The Morgan fingerprint density at radius 2 is 1.77 bits per heavy atom. The Kier molecular flexibility index (Phi) is 5.47. The summed E-state index contributed by atoms with van der Waals surface area (Å²) in [5.41, 5.74) is 0.630. The van der Waals surface area contributed by atoms with Crippen LogP contribution in [0.4, 0.5) is 5.69 Å². The summed E-state index contributed by atoms with van der Waals surface area (Å²) in [6, 6.07) is 13.7. The van der Waals surface area contributed by atoms with Crippen LogP contribution in [0.5, 0.6) is 5.75 Å². The van der Waals surface area contributed by atoms with Gasteiger partial charge in [-0.3, -0.25) is 4.31 Å². The molecule has 0 atom stereocenters. The van der Waals surface area contributed by atoms with Gasteiger partial charge in [0.25, 0.3) is 10.0 Å². The van der Waals surface area contributed by atoms with Crippen LogP contribution < -0.4 is 9.04 Å². The van der Waals surface area contributed by atoms with Crippen molar-refractivity contribution in [3.05, 3.63) is 53.0 Å². The van der Waals surface area contributed by atoms with Crippen molar-refractivity contribution < 1.29 is 13.2 Å². The van der Waals surface area contributed by atoms with E-state index in [1.807, 2.05) is 26.0 Å². The molecule has 2 aromatic rings. The van der Waals surface area contributed by atoms with E-state index in [1.54, 1.807) is 36.4 Å². The first-order valence-electron chi connectivity index (χ1n) is 7.00. The molecule has 0 aliphatic heterocycles. The van der Waals surface area contributed by atoms with Crippen LogP contribution in [0.15, 0.2) is 57.9 Å². The minimum atomic E-state index is -3.60. The highest BCUT2D eigenvalue weighted by Crippen LogP contribution is 2.27. The quantitative estimate of drug-likeness (QED) is 0.755. The number of sulfonamides is 1. The Morgan fingerprint density at radius 3 is 2.32 bits per heavy atom. The minimum Gasteiger partial charge on any atom is -0.494 e. The van der Waals surface area contributed by atoms with Crippen molar-refractivity contribution in [1.82, 2.24) is 0 Å². The van der Waals surface area contributed by atoms with Gasteiger partial charge in [0.1, 0.15) is 5.75 Å². The number of halogens is 1. The zero-order valence-electron chi connectivity index (χ0n) is 12.5. The summed E-state index contributed by atoms with van der Waals surface area (Å²) >= 11 is 3.37. The average molecular weight is 384 g/mol. The van der Waals surface area contributed by atoms with Crippen molar-refractivity contribution in [2.24, 2.45) is 0 Å². The van der Waals surface area contributed by atoms with Gasteiger partial charge in [0.2, 0.25) is 0 Å². The molecule has 2 rings (SSSR count). The second kappa shape index (κ2) is 7.15. The molecule has 0 bridgehead atoms. The lowest BCUT2D eigenvalue weighted by Crippen LogP contribution is -2.30. The molecule has 0 spiro atoms. The molecule has 0 heterocycles. The fourth-order valence-electron chi connectivity index (χ4n) is 2.12. The fraction of sp³-hybridized carbons (Fsp3) is 0.250. The van der Waals surface area contributed by atoms with E-state index in [-0.39, 0.29) is 4.90 Å². The lowest BCUT2D eigenvalue weighted by Gasteiger charge is -2.23. The van der Waals surface area contributed by atoms with Crippen molar-refractivity contribution in [1.29, 1.82) is 0 Å². The molecule has 0 radical (unpaired) electrons. The Labute approximate surface area is 139 Å². The van der Waals surface area contributed by atoms with Crippen LogP contribution in [0, 0.1) is 0 Å². The molecule has 0 saturated carbocycles. The molecule has 0 amide bonds. The SMILES string of the molecule is CCOc1ccc(S(=O)(=O)N(CC)c2cccc(Br)c2)cc1. The number of benzene rings is 2. The molecule has 4 nitrogen and oxygen atoms in total. The Morgan fingerprint density at radius 1 is 1.09 bits per heavy atom. The maximum atomic E-state index is 12.8. The first-order valence-corrected chi connectivity index (χ1v) is 9.23. The van der Waals surface area contributed by atoms with E-state index in [9.17, 15) is 8.42 Å². The Hall–Kier alpha value is -1.53. The zero-order valence-corrected chi connectivity index (χ0v) is 14.9. The van der Waals surface area contributed by atoms with Gasteiger partial charge in [-0.15, -0.1) is 0 Å². The van der Waals surface area contributed by atoms with Gasteiger partial charge < -0.3 is 4.74 Å². The number of hydrogen-bond donors (Lipinski definition) is 0. The van der Waals surface area contributed by atoms with Gasteiger partial charge in [-0.1, -0.05) is 22.0 Å². The van der Waals surface area contributed by atoms with Crippen LogP contribution >= 0.6 is 15.9 Å². The highest BCUT2D eigenvalue weighted by Gasteiger charge is 2.23. The number of hydrogen-bond acceptors (Lipinski definition) is 3. The summed E-state index contributed by atoms with van der Waals surface area (Å²) in [4.78, 5) is 0.248. The molecule has 0 saturated heterocycles. The molecule has 0 aliphatic rings. The van der Waals surface area contributed by atoms with E-state index >= 15 is 0 Å². The molecular formula is C16H18BrNO3S. The van der Waals surface area contributed by atoms with Crippen LogP contribution in [0.3, 0.4) is 0 Å². The van der Waals surface area contributed by atoms with E-state index in [2.05, 4.69) is 15.9 Å². The smallest absolute Gasteiger partial charge is 0.264 e. The summed E-state index contributed by atoms with van der Waals surface area (Å²) in [5, 5.41) is 0. The van der Waals surface area contributed by atoms with E-state index in [1.165, 1.54) is 4.31 Å². The predicted molar refractivity (Wildman–Crippen MR) is 92.0 cm³/mol. The first-order chi connectivity index (χ1) is 10.5. The monoisotopic (exact) mass is 383 g/mol. The van der Waals surface area contributed by atoms with Crippen LogP contribution in [0.25, 0.3) is 0 Å². The maximum absolute atomic E-state index is 12.8. The highest BCUT2D eigenvalue weighted by molar-refractivity contribution is 9.10. The summed E-state index contributed by atoms with van der Waals surface area (Å²) in [6.07, 6.45) is 0. The predicted octanol–water partition coefficient (Wildman–Crippen LogP) is 4.06. The first kappa shape index (κ1) is 16.8. The number of anilines is 1. The summed E-state index contributed by atoms with van der Waals surface area (Å²) in [7, 11) is -3.60. The molecule has 2 aromatic carbocycles. The van der Waals surface area contributed by atoms with E-state index in [0.717, 1.165) is 4.47 Å².